The number of hydrogen-bond acceptors (Lipinski definition) is 5. The minimum Gasteiger partial charge on any atom is -0.497 e. The number of imide groups is 1. The maximum atomic E-state index is 13.4. The number of piperazine rings is 1. The van der Waals surface area contributed by atoms with Gasteiger partial charge in [-0.05, 0) is 49.0 Å². The van der Waals surface area contributed by atoms with Crippen LogP contribution in [0.25, 0.3) is 5.57 Å². The summed E-state index contributed by atoms with van der Waals surface area (Å²) in [5.41, 5.74) is 1.78. The molecule has 150 valence electrons. The first-order valence-electron chi connectivity index (χ1n) is 9.46. The third kappa shape index (κ3) is 3.49. The molecule has 2 aromatic carbocycles. The molecule has 2 amide bonds. The van der Waals surface area contributed by atoms with Crippen LogP contribution in [0.3, 0.4) is 0 Å². The molecule has 1 fully saturated rings. The Morgan fingerprint density at radius 1 is 0.862 bits per heavy atom. The van der Waals surface area contributed by atoms with Crippen LogP contribution in [-0.2, 0) is 9.59 Å². The number of methoxy groups -OCH3 is 1. The summed E-state index contributed by atoms with van der Waals surface area (Å²) >= 11 is 0. The summed E-state index contributed by atoms with van der Waals surface area (Å²) in [7, 11) is 3.60. The Balaban J connectivity index is 1.78. The van der Waals surface area contributed by atoms with Crippen molar-refractivity contribution in [1.29, 1.82) is 0 Å². The van der Waals surface area contributed by atoms with Gasteiger partial charge in [0.1, 0.15) is 17.3 Å². The molecule has 2 heterocycles. The minimum atomic E-state index is -0.421. The Morgan fingerprint density at radius 2 is 1.48 bits per heavy atom. The van der Waals surface area contributed by atoms with Crippen LogP contribution < -0.4 is 9.64 Å². The first kappa shape index (κ1) is 19.1. The molecular weight excluding hydrogens is 373 g/mol. The fourth-order valence-electron chi connectivity index (χ4n) is 3.68. The second kappa shape index (κ2) is 7.67. The summed E-state index contributed by atoms with van der Waals surface area (Å²) < 4.78 is 18.6. The second-order valence-electron chi connectivity index (χ2n) is 7.16. The van der Waals surface area contributed by atoms with Crippen molar-refractivity contribution in [2.45, 2.75) is 0 Å². The lowest BCUT2D eigenvalue weighted by atomic mass is 10.0. The van der Waals surface area contributed by atoms with Gasteiger partial charge < -0.3 is 14.5 Å². The summed E-state index contributed by atoms with van der Waals surface area (Å²) in [4.78, 5) is 32.0. The van der Waals surface area contributed by atoms with Gasteiger partial charge in [-0.2, -0.15) is 0 Å². The molecule has 6 nitrogen and oxygen atoms in total. The standard InChI is InChI=1S/C22H22FN3O3/c1-24-11-13-25(14-12-24)20-19(15-3-9-18(29-2)10-4-15)21(27)26(22(20)28)17-7-5-16(23)6-8-17/h3-10H,11-14H2,1-2H3. The topological polar surface area (TPSA) is 53.1 Å². The van der Waals surface area contributed by atoms with E-state index in [1.54, 1.807) is 31.4 Å². The van der Waals surface area contributed by atoms with Gasteiger partial charge in [0.05, 0.1) is 18.4 Å². The Labute approximate surface area is 168 Å². The molecule has 0 aromatic heterocycles. The molecular formula is C22H22FN3O3. The van der Waals surface area contributed by atoms with Gasteiger partial charge in [0.25, 0.3) is 11.8 Å². The number of amides is 2. The predicted octanol–water partition coefficient (Wildman–Crippen LogP) is 2.37. The molecule has 0 bridgehead atoms. The van der Waals surface area contributed by atoms with Crippen LogP contribution >= 0.6 is 0 Å². The number of rotatable bonds is 4. The van der Waals surface area contributed by atoms with Crippen LogP contribution in [0.2, 0.25) is 0 Å². The molecule has 2 aliphatic heterocycles. The minimum absolute atomic E-state index is 0.358. The molecule has 0 radical (unpaired) electrons. The van der Waals surface area contributed by atoms with Crippen LogP contribution in [0, 0.1) is 5.82 Å². The molecule has 1 saturated heterocycles. The van der Waals surface area contributed by atoms with Crippen LogP contribution in [0.4, 0.5) is 10.1 Å². The van der Waals surface area contributed by atoms with E-state index in [1.165, 1.54) is 24.3 Å². The van der Waals surface area contributed by atoms with E-state index in [0.717, 1.165) is 18.0 Å². The monoisotopic (exact) mass is 395 g/mol. The fraction of sp³-hybridized carbons (Fsp3) is 0.273. The molecule has 2 aliphatic rings. The van der Waals surface area contributed by atoms with E-state index >= 15 is 0 Å². The number of likely N-dealkylation sites (N-methyl/N-ethyl adjacent to an activating group) is 1. The Kier molecular flexibility index (Phi) is 5.07. The molecule has 0 unspecified atom stereocenters. The molecule has 2 aromatic rings. The van der Waals surface area contributed by atoms with Gasteiger partial charge >= 0.3 is 0 Å². The number of anilines is 1. The summed E-state index contributed by atoms with van der Waals surface area (Å²) in [6, 6.07) is 12.5. The number of benzene rings is 2. The van der Waals surface area contributed by atoms with Crippen LogP contribution in [0.15, 0.2) is 54.2 Å². The van der Waals surface area contributed by atoms with E-state index in [2.05, 4.69) is 4.90 Å². The Morgan fingerprint density at radius 3 is 2.07 bits per heavy atom. The fourth-order valence-corrected chi connectivity index (χ4v) is 3.68. The zero-order valence-corrected chi connectivity index (χ0v) is 16.4. The van der Waals surface area contributed by atoms with Crippen molar-refractivity contribution in [3.63, 3.8) is 0 Å². The van der Waals surface area contributed by atoms with Gasteiger partial charge in [0, 0.05) is 26.2 Å². The van der Waals surface area contributed by atoms with Gasteiger partial charge in [-0.15, -0.1) is 0 Å². The average molecular weight is 395 g/mol. The van der Waals surface area contributed by atoms with Crippen LogP contribution in [0.1, 0.15) is 5.56 Å². The summed E-state index contributed by atoms with van der Waals surface area (Å²) in [5, 5.41) is 0. The van der Waals surface area contributed by atoms with E-state index in [0.29, 0.717) is 41.4 Å². The largest absolute Gasteiger partial charge is 0.497 e. The highest BCUT2D eigenvalue weighted by Gasteiger charge is 2.42. The first-order chi connectivity index (χ1) is 14.0. The number of nitrogens with zero attached hydrogens (tertiary/aromatic N) is 3. The average Bonchev–Trinajstić information content (AvgIpc) is 3.00. The van der Waals surface area contributed by atoms with Gasteiger partial charge in [-0.25, -0.2) is 9.29 Å². The SMILES string of the molecule is COc1ccc(C2=C(N3CCN(C)CC3)C(=O)N(c3ccc(F)cc3)C2=O)cc1. The van der Waals surface area contributed by atoms with Crippen molar-refractivity contribution in [1.82, 2.24) is 9.80 Å². The lowest BCUT2D eigenvalue weighted by Gasteiger charge is -2.34. The smallest absolute Gasteiger partial charge is 0.282 e. The maximum Gasteiger partial charge on any atom is 0.282 e. The lowest BCUT2D eigenvalue weighted by Crippen LogP contribution is -2.46. The van der Waals surface area contributed by atoms with Crippen molar-refractivity contribution >= 4 is 23.1 Å². The van der Waals surface area contributed by atoms with Gasteiger partial charge in [0.2, 0.25) is 0 Å². The van der Waals surface area contributed by atoms with Crippen molar-refractivity contribution < 1.29 is 18.7 Å². The van der Waals surface area contributed by atoms with Crippen molar-refractivity contribution in [3.05, 3.63) is 65.6 Å². The molecule has 29 heavy (non-hydrogen) atoms. The van der Waals surface area contributed by atoms with E-state index in [-0.39, 0.29) is 5.91 Å². The summed E-state index contributed by atoms with van der Waals surface area (Å²) in [6.45, 7) is 2.92. The Hall–Kier alpha value is -3.19. The van der Waals surface area contributed by atoms with Crippen LogP contribution in [-0.4, -0.2) is 62.0 Å². The van der Waals surface area contributed by atoms with E-state index in [4.69, 9.17) is 4.74 Å². The quantitative estimate of drug-likeness (QED) is 0.744. The number of hydrogen-bond donors (Lipinski definition) is 0. The number of carbonyl (C=O) groups is 2. The van der Waals surface area contributed by atoms with E-state index < -0.39 is 11.7 Å². The van der Waals surface area contributed by atoms with Crippen molar-refractivity contribution in [2.24, 2.45) is 0 Å². The molecule has 0 saturated carbocycles. The highest BCUT2D eigenvalue weighted by atomic mass is 19.1. The molecule has 0 spiro atoms. The highest BCUT2D eigenvalue weighted by Crippen LogP contribution is 2.35. The van der Waals surface area contributed by atoms with E-state index in [9.17, 15) is 14.0 Å². The highest BCUT2D eigenvalue weighted by molar-refractivity contribution is 6.45. The van der Waals surface area contributed by atoms with Gasteiger partial charge in [-0.1, -0.05) is 12.1 Å². The maximum absolute atomic E-state index is 13.4. The molecule has 7 heteroatoms. The molecule has 0 N–H and O–H groups in total. The van der Waals surface area contributed by atoms with Gasteiger partial charge in [-0.3, -0.25) is 9.59 Å². The summed E-state index contributed by atoms with van der Waals surface area (Å²) in [5.74, 6) is -0.532. The first-order valence-corrected chi connectivity index (χ1v) is 9.46. The summed E-state index contributed by atoms with van der Waals surface area (Å²) in [6.07, 6.45) is 0. The molecule has 4 rings (SSSR count). The van der Waals surface area contributed by atoms with Crippen molar-refractivity contribution in [3.8, 4) is 5.75 Å². The zero-order valence-electron chi connectivity index (χ0n) is 16.4. The second-order valence-corrected chi connectivity index (χ2v) is 7.16. The third-order valence-corrected chi connectivity index (χ3v) is 5.34. The number of halogens is 1. The predicted molar refractivity (Wildman–Crippen MR) is 108 cm³/mol. The van der Waals surface area contributed by atoms with Crippen LogP contribution in [0.5, 0.6) is 5.75 Å². The molecule has 0 atom stereocenters. The van der Waals surface area contributed by atoms with E-state index in [1.807, 2.05) is 11.9 Å². The van der Waals surface area contributed by atoms with Gasteiger partial charge in [0.15, 0.2) is 0 Å². The third-order valence-electron chi connectivity index (χ3n) is 5.34. The van der Waals surface area contributed by atoms with Crippen molar-refractivity contribution in [2.75, 3.05) is 45.2 Å². The lowest BCUT2D eigenvalue weighted by molar-refractivity contribution is -0.120. The molecule has 0 aliphatic carbocycles. The zero-order chi connectivity index (χ0) is 20.5. The number of carbonyl (C=O) groups excluding carboxylic acids is 2. The normalized spacial score (nSPS) is 18.0. The number of ether oxygens (including phenoxy) is 1. The Bertz CT molecular complexity index is 962.